The molecule has 0 aliphatic carbocycles. The van der Waals surface area contributed by atoms with Crippen molar-refractivity contribution in [2.75, 3.05) is 10.6 Å². The molecule has 3 aromatic rings. The molecule has 0 spiro atoms. The predicted molar refractivity (Wildman–Crippen MR) is 101 cm³/mol. The summed E-state index contributed by atoms with van der Waals surface area (Å²) in [6, 6.07) is 13.0. The number of carbonyl (C=O) groups excluding carboxylic acids is 2. The first-order chi connectivity index (χ1) is 12.5. The molecule has 5 nitrogen and oxygen atoms in total. The number of rotatable bonds is 5. The van der Waals surface area contributed by atoms with Gasteiger partial charge in [0.2, 0.25) is 11.8 Å². The maximum atomic E-state index is 13.3. The van der Waals surface area contributed by atoms with Gasteiger partial charge in [-0.1, -0.05) is 12.1 Å². The van der Waals surface area contributed by atoms with E-state index in [4.69, 9.17) is 0 Å². The Morgan fingerprint density at radius 1 is 1.08 bits per heavy atom. The molecular formula is C19H16FN3O2S. The van der Waals surface area contributed by atoms with E-state index in [-0.39, 0.29) is 24.1 Å². The van der Waals surface area contributed by atoms with Crippen molar-refractivity contribution >= 4 is 34.5 Å². The predicted octanol–water partition coefficient (Wildman–Crippen LogP) is 4.09. The van der Waals surface area contributed by atoms with E-state index in [0.29, 0.717) is 27.6 Å². The number of benzene rings is 2. The van der Waals surface area contributed by atoms with Crippen LogP contribution >= 0.6 is 11.3 Å². The van der Waals surface area contributed by atoms with Crippen molar-refractivity contribution in [3.63, 3.8) is 0 Å². The molecule has 132 valence electrons. The highest BCUT2D eigenvalue weighted by molar-refractivity contribution is 7.13. The van der Waals surface area contributed by atoms with Crippen molar-refractivity contribution in [3.05, 3.63) is 65.4 Å². The largest absolute Gasteiger partial charge is 0.326 e. The van der Waals surface area contributed by atoms with Crippen molar-refractivity contribution in [1.82, 2.24) is 4.98 Å². The third-order valence-corrected chi connectivity index (χ3v) is 4.39. The first-order valence-electron chi connectivity index (χ1n) is 7.87. The van der Waals surface area contributed by atoms with Gasteiger partial charge in [0.25, 0.3) is 0 Å². The summed E-state index contributed by atoms with van der Waals surface area (Å²) in [5.41, 5.74) is 2.61. The van der Waals surface area contributed by atoms with Gasteiger partial charge in [0, 0.05) is 29.2 Å². The normalized spacial score (nSPS) is 10.4. The van der Waals surface area contributed by atoms with E-state index in [1.165, 1.54) is 30.4 Å². The molecule has 26 heavy (non-hydrogen) atoms. The average molecular weight is 369 g/mol. The Kier molecular flexibility index (Phi) is 5.38. The molecular weight excluding hydrogens is 353 g/mol. The monoisotopic (exact) mass is 369 g/mol. The molecule has 0 radical (unpaired) electrons. The first-order valence-corrected chi connectivity index (χ1v) is 8.75. The maximum absolute atomic E-state index is 13.3. The van der Waals surface area contributed by atoms with Crippen LogP contribution in [0.5, 0.6) is 0 Å². The lowest BCUT2D eigenvalue weighted by Gasteiger charge is -2.06. The number of carbonyl (C=O) groups is 2. The standard InChI is InChI=1S/C19H16FN3O2S/c1-12(24)21-15-5-7-16(8-6-15)22-18(25)10-17-11-26-19(23-17)13-3-2-4-14(20)9-13/h2-9,11H,10H2,1H3,(H,21,24)(H,22,25). The molecule has 0 bridgehead atoms. The number of anilines is 2. The summed E-state index contributed by atoms with van der Waals surface area (Å²) in [5, 5.41) is 7.91. The summed E-state index contributed by atoms with van der Waals surface area (Å²) in [6.07, 6.45) is 0.124. The Labute approximate surface area is 153 Å². The highest BCUT2D eigenvalue weighted by atomic mass is 32.1. The van der Waals surface area contributed by atoms with Crippen molar-refractivity contribution in [2.24, 2.45) is 0 Å². The van der Waals surface area contributed by atoms with Crippen LogP contribution in [0.4, 0.5) is 15.8 Å². The van der Waals surface area contributed by atoms with Crippen LogP contribution in [0, 0.1) is 5.82 Å². The lowest BCUT2D eigenvalue weighted by Crippen LogP contribution is -2.14. The van der Waals surface area contributed by atoms with Gasteiger partial charge in [-0.25, -0.2) is 9.37 Å². The van der Waals surface area contributed by atoms with Gasteiger partial charge in [0.15, 0.2) is 0 Å². The second-order valence-corrected chi connectivity index (χ2v) is 6.50. The quantitative estimate of drug-likeness (QED) is 0.712. The van der Waals surface area contributed by atoms with E-state index in [9.17, 15) is 14.0 Å². The van der Waals surface area contributed by atoms with Gasteiger partial charge in [-0.15, -0.1) is 11.3 Å². The van der Waals surface area contributed by atoms with Crippen LogP contribution in [0.15, 0.2) is 53.9 Å². The van der Waals surface area contributed by atoms with Crippen molar-refractivity contribution in [1.29, 1.82) is 0 Å². The minimum absolute atomic E-state index is 0.124. The third kappa shape index (κ3) is 4.73. The number of amides is 2. The van der Waals surface area contributed by atoms with E-state index in [1.54, 1.807) is 41.8 Å². The molecule has 2 aromatic carbocycles. The zero-order valence-corrected chi connectivity index (χ0v) is 14.8. The van der Waals surface area contributed by atoms with E-state index < -0.39 is 0 Å². The molecule has 2 amide bonds. The van der Waals surface area contributed by atoms with Crippen LogP contribution in [0.1, 0.15) is 12.6 Å². The van der Waals surface area contributed by atoms with E-state index in [2.05, 4.69) is 15.6 Å². The summed E-state index contributed by atoms with van der Waals surface area (Å²) in [4.78, 5) is 27.6. The van der Waals surface area contributed by atoms with Crippen molar-refractivity contribution in [2.45, 2.75) is 13.3 Å². The highest BCUT2D eigenvalue weighted by Crippen LogP contribution is 2.24. The van der Waals surface area contributed by atoms with Gasteiger partial charge in [0.1, 0.15) is 10.8 Å². The zero-order chi connectivity index (χ0) is 18.5. The van der Waals surface area contributed by atoms with Crippen LogP contribution in [0.3, 0.4) is 0 Å². The summed E-state index contributed by atoms with van der Waals surface area (Å²) < 4.78 is 13.3. The second-order valence-electron chi connectivity index (χ2n) is 5.64. The van der Waals surface area contributed by atoms with Crippen LogP contribution in [-0.4, -0.2) is 16.8 Å². The van der Waals surface area contributed by atoms with E-state index in [0.717, 1.165) is 0 Å². The van der Waals surface area contributed by atoms with Gasteiger partial charge in [0.05, 0.1) is 12.1 Å². The van der Waals surface area contributed by atoms with Gasteiger partial charge >= 0.3 is 0 Å². The van der Waals surface area contributed by atoms with Gasteiger partial charge in [-0.05, 0) is 36.4 Å². The lowest BCUT2D eigenvalue weighted by atomic mass is 10.2. The molecule has 3 rings (SSSR count). The molecule has 0 saturated carbocycles. The average Bonchev–Trinajstić information content (AvgIpc) is 3.04. The molecule has 0 fully saturated rings. The Hall–Kier alpha value is -3.06. The minimum Gasteiger partial charge on any atom is -0.326 e. The van der Waals surface area contributed by atoms with Gasteiger partial charge in [-0.3, -0.25) is 9.59 Å². The molecule has 7 heteroatoms. The molecule has 0 aliphatic rings. The van der Waals surface area contributed by atoms with Gasteiger partial charge in [-0.2, -0.15) is 0 Å². The van der Waals surface area contributed by atoms with E-state index in [1.807, 2.05) is 0 Å². The fourth-order valence-electron chi connectivity index (χ4n) is 2.35. The molecule has 0 aliphatic heterocycles. The fraction of sp³-hybridized carbons (Fsp3) is 0.105. The SMILES string of the molecule is CC(=O)Nc1ccc(NC(=O)Cc2csc(-c3cccc(F)c3)n2)cc1. The molecule has 1 aromatic heterocycles. The summed E-state index contributed by atoms with van der Waals surface area (Å²) in [7, 11) is 0. The van der Waals surface area contributed by atoms with Crippen molar-refractivity contribution < 1.29 is 14.0 Å². The number of nitrogens with zero attached hydrogens (tertiary/aromatic N) is 1. The van der Waals surface area contributed by atoms with Gasteiger partial charge < -0.3 is 10.6 Å². The lowest BCUT2D eigenvalue weighted by molar-refractivity contribution is -0.116. The maximum Gasteiger partial charge on any atom is 0.230 e. The molecule has 0 saturated heterocycles. The molecule has 0 unspecified atom stereocenters. The molecule has 2 N–H and O–H groups in total. The van der Waals surface area contributed by atoms with E-state index >= 15 is 0 Å². The molecule has 0 atom stereocenters. The minimum atomic E-state index is -0.320. The number of thiazole rings is 1. The summed E-state index contributed by atoms with van der Waals surface area (Å²) in [6.45, 7) is 1.43. The zero-order valence-electron chi connectivity index (χ0n) is 14.0. The Morgan fingerprint density at radius 2 is 1.77 bits per heavy atom. The van der Waals surface area contributed by atoms with Crippen LogP contribution < -0.4 is 10.6 Å². The number of hydrogen-bond donors (Lipinski definition) is 2. The Bertz CT molecular complexity index is 938. The smallest absolute Gasteiger partial charge is 0.230 e. The fourth-order valence-corrected chi connectivity index (χ4v) is 3.17. The van der Waals surface area contributed by atoms with Crippen LogP contribution in [0.25, 0.3) is 10.6 Å². The summed E-state index contributed by atoms with van der Waals surface area (Å²) >= 11 is 1.37. The topological polar surface area (TPSA) is 71.1 Å². The highest BCUT2D eigenvalue weighted by Gasteiger charge is 2.10. The Morgan fingerprint density at radius 3 is 2.42 bits per heavy atom. The first kappa shape index (κ1) is 17.8. The molecule has 1 heterocycles. The second kappa shape index (κ2) is 7.88. The Balaban J connectivity index is 1.61. The van der Waals surface area contributed by atoms with Crippen LogP contribution in [-0.2, 0) is 16.0 Å². The number of hydrogen-bond acceptors (Lipinski definition) is 4. The van der Waals surface area contributed by atoms with Crippen molar-refractivity contribution in [3.8, 4) is 10.6 Å². The van der Waals surface area contributed by atoms with Crippen LogP contribution in [0.2, 0.25) is 0 Å². The number of aromatic nitrogens is 1. The third-order valence-electron chi connectivity index (χ3n) is 3.45. The summed E-state index contributed by atoms with van der Waals surface area (Å²) in [5.74, 6) is -0.674. The number of halogens is 1. The number of nitrogens with one attached hydrogen (secondary N) is 2.